The number of nitrogens with zero attached hydrogens (tertiary/aromatic N) is 1. The van der Waals surface area contributed by atoms with Crippen molar-refractivity contribution in [2.45, 2.75) is 24.6 Å². The fourth-order valence-corrected chi connectivity index (χ4v) is 3.36. The molecule has 1 aliphatic heterocycles. The molecule has 0 spiro atoms. The van der Waals surface area contributed by atoms with Crippen LogP contribution in [-0.2, 0) is 15.3 Å². The van der Waals surface area contributed by atoms with E-state index in [0.29, 0.717) is 12.3 Å². The number of nitrogens with one attached hydrogen (secondary N) is 1. The van der Waals surface area contributed by atoms with Crippen molar-refractivity contribution in [2.75, 3.05) is 25.4 Å². The van der Waals surface area contributed by atoms with E-state index in [0.717, 1.165) is 31.7 Å². The average molecular weight is 321 g/mol. The van der Waals surface area contributed by atoms with Crippen LogP contribution in [0.3, 0.4) is 0 Å². The second-order valence-corrected chi connectivity index (χ2v) is 6.55. The van der Waals surface area contributed by atoms with Crippen molar-refractivity contribution >= 4 is 23.6 Å². The highest BCUT2D eigenvalue weighted by molar-refractivity contribution is 7.99. The molecule has 120 valence electrons. The number of carbonyl (C=O) groups excluding carboxylic acids is 2. The minimum atomic E-state index is -0.292. The molecule has 0 saturated carbocycles. The Hall–Kier alpha value is -1.53. The number of carbonyl (C=O) groups is 2. The molecule has 0 bridgehead atoms. The minimum absolute atomic E-state index is 0.0919. The molecule has 1 fully saturated rings. The fraction of sp³-hybridized carbons (Fsp3) is 0.500. The topological polar surface area (TPSA) is 75.4 Å². The van der Waals surface area contributed by atoms with E-state index in [1.807, 2.05) is 23.1 Å². The number of hydrogen-bond acceptors (Lipinski definition) is 4. The van der Waals surface area contributed by atoms with Crippen LogP contribution in [0.1, 0.15) is 18.4 Å². The Morgan fingerprint density at radius 2 is 1.91 bits per heavy atom. The zero-order valence-electron chi connectivity index (χ0n) is 12.7. The number of primary amides is 1. The lowest BCUT2D eigenvalue weighted by Gasteiger charge is -2.31. The molecule has 1 aliphatic rings. The second-order valence-electron chi connectivity index (χ2n) is 5.56. The molecule has 1 aromatic rings. The number of hydrogen-bond donors (Lipinski definition) is 2. The van der Waals surface area contributed by atoms with Crippen LogP contribution in [0.2, 0.25) is 0 Å². The maximum atomic E-state index is 11.9. The van der Waals surface area contributed by atoms with Gasteiger partial charge in [-0.2, -0.15) is 0 Å². The van der Waals surface area contributed by atoms with E-state index in [1.165, 1.54) is 5.56 Å². The largest absolute Gasteiger partial charge is 0.369 e. The molecule has 0 aliphatic carbocycles. The van der Waals surface area contributed by atoms with Gasteiger partial charge in [0.05, 0.1) is 12.3 Å². The monoisotopic (exact) mass is 321 g/mol. The van der Waals surface area contributed by atoms with Gasteiger partial charge in [-0.3, -0.25) is 14.5 Å². The number of thioether (sulfide) groups is 1. The summed E-state index contributed by atoms with van der Waals surface area (Å²) in [6.07, 6.45) is 1.75. The van der Waals surface area contributed by atoms with Crippen molar-refractivity contribution in [2.24, 2.45) is 5.73 Å². The quantitative estimate of drug-likeness (QED) is 0.785. The summed E-state index contributed by atoms with van der Waals surface area (Å²) in [6, 6.07) is 10.4. The molecule has 1 saturated heterocycles. The molecule has 2 rings (SSSR count). The van der Waals surface area contributed by atoms with Crippen molar-refractivity contribution in [3.63, 3.8) is 0 Å². The normalized spacial score (nSPS) is 16.4. The number of nitrogens with two attached hydrogens (primary N) is 1. The van der Waals surface area contributed by atoms with Gasteiger partial charge in [-0.05, 0) is 18.4 Å². The standard InChI is InChI=1S/C16H23N3O2S/c17-15(20)10-19-8-6-14(7-9-19)18-16(21)12-22-11-13-4-2-1-3-5-13/h1-5,14H,6-12H2,(H2,17,20)(H,18,21). The van der Waals surface area contributed by atoms with Gasteiger partial charge in [0.25, 0.3) is 0 Å². The lowest BCUT2D eigenvalue weighted by atomic mass is 10.1. The Labute approximate surface area is 135 Å². The molecule has 5 nitrogen and oxygen atoms in total. The van der Waals surface area contributed by atoms with Gasteiger partial charge in [-0.1, -0.05) is 30.3 Å². The first kappa shape index (κ1) is 16.8. The summed E-state index contributed by atoms with van der Waals surface area (Å²) in [6.45, 7) is 1.93. The minimum Gasteiger partial charge on any atom is -0.369 e. The molecular weight excluding hydrogens is 298 g/mol. The fourth-order valence-electron chi connectivity index (χ4n) is 2.56. The van der Waals surface area contributed by atoms with Crippen molar-refractivity contribution < 1.29 is 9.59 Å². The maximum Gasteiger partial charge on any atom is 0.231 e. The van der Waals surface area contributed by atoms with E-state index >= 15 is 0 Å². The summed E-state index contributed by atoms with van der Waals surface area (Å²) in [5.74, 6) is 1.14. The van der Waals surface area contributed by atoms with E-state index in [-0.39, 0.29) is 17.9 Å². The highest BCUT2D eigenvalue weighted by Crippen LogP contribution is 2.13. The smallest absolute Gasteiger partial charge is 0.231 e. The SMILES string of the molecule is NC(=O)CN1CCC(NC(=O)CSCc2ccccc2)CC1. The third-order valence-corrected chi connectivity index (χ3v) is 4.68. The van der Waals surface area contributed by atoms with Crippen LogP contribution in [0.15, 0.2) is 30.3 Å². The summed E-state index contributed by atoms with van der Waals surface area (Å²) in [7, 11) is 0. The van der Waals surface area contributed by atoms with Gasteiger partial charge in [0.2, 0.25) is 11.8 Å². The Kier molecular flexibility index (Phi) is 6.74. The van der Waals surface area contributed by atoms with E-state index in [4.69, 9.17) is 5.73 Å². The van der Waals surface area contributed by atoms with Crippen LogP contribution in [0.4, 0.5) is 0 Å². The van der Waals surface area contributed by atoms with Gasteiger partial charge in [0, 0.05) is 24.9 Å². The molecule has 0 atom stereocenters. The van der Waals surface area contributed by atoms with Crippen molar-refractivity contribution in [3.05, 3.63) is 35.9 Å². The second kappa shape index (κ2) is 8.80. The first-order chi connectivity index (χ1) is 10.6. The highest BCUT2D eigenvalue weighted by atomic mass is 32.2. The van der Waals surface area contributed by atoms with Crippen LogP contribution in [0, 0.1) is 0 Å². The first-order valence-electron chi connectivity index (χ1n) is 7.55. The molecule has 6 heteroatoms. The van der Waals surface area contributed by atoms with Crippen LogP contribution in [-0.4, -0.2) is 48.1 Å². The van der Waals surface area contributed by atoms with Crippen molar-refractivity contribution in [1.82, 2.24) is 10.2 Å². The van der Waals surface area contributed by atoms with Gasteiger partial charge >= 0.3 is 0 Å². The Morgan fingerprint density at radius 1 is 1.23 bits per heavy atom. The van der Waals surface area contributed by atoms with Gasteiger partial charge in [-0.15, -0.1) is 11.8 Å². The predicted molar refractivity (Wildman–Crippen MR) is 89.4 cm³/mol. The van der Waals surface area contributed by atoms with Crippen LogP contribution < -0.4 is 11.1 Å². The number of likely N-dealkylation sites (tertiary alicyclic amines) is 1. The van der Waals surface area contributed by atoms with E-state index in [1.54, 1.807) is 11.8 Å². The average Bonchev–Trinajstić information content (AvgIpc) is 2.50. The summed E-state index contributed by atoms with van der Waals surface area (Å²) in [5, 5.41) is 3.08. The third kappa shape index (κ3) is 6.07. The van der Waals surface area contributed by atoms with E-state index in [9.17, 15) is 9.59 Å². The predicted octanol–water partition coefficient (Wildman–Crippen LogP) is 0.986. The number of piperidine rings is 1. The zero-order valence-corrected chi connectivity index (χ0v) is 13.5. The summed E-state index contributed by atoms with van der Waals surface area (Å²) in [5.41, 5.74) is 6.42. The third-order valence-electron chi connectivity index (χ3n) is 3.68. The van der Waals surface area contributed by atoms with Gasteiger partial charge in [0.15, 0.2) is 0 Å². The Balaban J connectivity index is 1.61. The molecule has 0 unspecified atom stereocenters. The molecule has 2 amide bonds. The first-order valence-corrected chi connectivity index (χ1v) is 8.70. The van der Waals surface area contributed by atoms with E-state index < -0.39 is 0 Å². The van der Waals surface area contributed by atoms with Crippen LogP contribution in [0.5, 0.6) is 0 Å². The van der Waals surface area contributed by atoms with Crippen LogP contribution >= 0.6 is 11.8 Å². The lowest BCUT2D eigenvalue weighted by Crippen LogP contribution is -2.47. The van der Waals surface area contributed by atoms with Gasteiger partial charge in [0.1, 0.15) is 0 Å². The number of rotatable bonds is 7. The lowest BCUT2D eigenvalue weighted by molar-refractivity contribution is -0.121. The molecule has 22 heavy (non-hydrogen) atoms. The highest BCUT2D eigenvalue weighted by Gasteiger charge is 2.21. The van der Waals surface area contributed by atoms with Crippen LogP contribution in [0.25, 0.3) is 0 Å². The Morgan fingerprint density at radius 3 is 2.55 bits per heavy atom. The zero-order chi connectivity index (χ0) is 15.8. The Bertz CT molecular complexity index is 487. The summed E-state index contributed by atoms with van der Waals surface area (Å²) < 4.78 is 0. The number of amides is 2. The van der Waals surface area contributed by atoms with Gasteiger partial charge < -0.3 is 11.1 Å². The molecular formula is C16H23N3O2S. The summed E-state index contributed by atoms with van der Waals surface area (Å²) >= 11 is 1.63. The molecule has 0 radical (unpaired) electrons. The molecule has 3 N–H and O–H groups in total. The van der Waals surface area contributed by atoms with Crippen molar-refractivity contribution in [1.29, 1.82) is 0 Å². The number of benzene rings is 1. The van der Waals surface area contributed by atoms with E-state index in [2.05, 4.69) is 17.4 Å². The van der Waals surface area contributed by atoms with Gasteiger partial charge in [-0.25, -0.2) is 0 Å². The summed E-state index contributed by atoms with van der Waals surface area (Å²) in [4.78, 5) is 24.8. The van der Waals surface area contributed by atoms with Crippen molar-refractivity contribution in [3.8, 4) is 0 Å². The molecule has 0 aromatic heterocycles. The maximum absolute atomic E-state index is 11.9. The molecule has 1 heterocycles. The molecule has 1 aromatic carbocycles.